The Morgan fingerprint density at radius 1 is 1.24 bits per heavy atom. The van der Waals surface area contributed by atoms with Gasteiger partial charge in [0.05, 0.1) is 31.3 Å². The first-order chi connectivity index (χ1) is 14.1. The highest BCUT2D eigenvalue weighted by atomic mass is 35.5. The number of hydrogen-bond donors (Lipinski definition) is 3. The fourth-order valence-electron chi connectivity index (χ4n) is 3.95. The SMILES string of the molecule is CCn1c(C2CC(NC(=O)Cc3cccc(Cl)c3)NN2)cc2ccc(OC)cc21. The lowest BCUT2D eigenvalue weighted by atomic mass is 10.1. The molecule has 4 rings (SSSR count). The van der Waals surface area contributed by atoms with Gasteiger partial charge in [0.25, 0.3) is 0 Å². The third kappa shape index (κ3) is 4.24. The number of halogens is 1. The van der Waals surface area contributed by atoms with Gasteiger partial charge in [-0.15, -0.1) is 0 Å². The molecule has 1 aliphatic rings. The smallest absolute Gasteiger partial charge is 0.225 e. The molecule has 2 unspecified atom stereocenters. The zero-order chi connectivity index (χ0) is 20.4. The standard InChI is InChI=1S/C22H25ClN4O2/c1-3-27-19-12-17(29-2)8-7-15(19)11-20(27)18-13-21(26-25-18)24-22(28)10-14-5-4-6-16(23)9-14/h4-9,11-12,18,21,25-26H,3,10,13H2,1-2H3,(H,24,28). The van der Waals surface area contributed by atoms with Crippen LogP contribution in [0.5, 0.6) is 5.75 Å². The summed E-state index contributed by atoms with van der Waals surface area (Å²) in [4.78, 5) is 12.4. The number of aromatic nitrogens is 1. The zero-order valence-electron chi connectivity index (χ0n) is 16.5. The summed E-state index contributed by atoms with van der Waals surface area (Å²) >= 11 is 6.00. The van der Waals surface area contributed by atoms with E-state index >= 15 is 0 Å². The number of methoxy groups -OCH3 is 1. The molecule has 2 heterocycles. The van der Waals surface area contributed by atoms with E-state index in [0.29, 0.717) is 11.4 Å². The van der Waals surface area contributed by atoms with Crippen LogP contribution >= 0.6 is 11.6 Å². The summed E-state index contributed by atoms with van der Waals surface area (Å²) in [7, 11) is 1.68. The molecule has 7 heteroatoms. The van der Waals surface area contributed by atoms with Crippen molar-refractivity contribution in [3.8, 4) is 5.75 Å². The average molecular weight is 413 g/mol. The largest absolute Gasteiger partial charge is 0.497 e. The number of nitrogens with zero attached hydrogens (tertiary/aromatic N) is 1. The van der Waals surface area contributed by atoms with Gasteiger partial charge in [0.1, 0.15) is 5.75 Å². The fraction of sp³-hybridized carbons (Fsp3) is 0.318. The summed E-state index contributed by atoms with van der Waals surface area (Å²) in [6, 6.07) is 15.8. The third-order valence-corrected chi connectivity index (χ3v) is 5.54. The van der Waals surface area contributed by atoms with Crippen molar-refractivity contribution >= 4 is 28.4 Å². The van der Waals surface area contributed by atoms with Crippen LogP contribution in [-0.4, -0.2) is 23.7 Å². The Labute approximate surface area is 175 Å². The predicted octanol–water partition coefficient (Wildman–Crippen LogP) is 3.55. The van der Waals surface area contributed by atoms with E-state index in [4.69, 9.17) is 16.3 Å². The Morgan fingerprint density at radius 3 is 2.86 bits per heavy atom. The summed E-state index contributed by atoms with van der Waals surface area (Å²) in [5.74, 6) is 0.813. The normalized spacial score (nSPS) is 18.9. The van der Waals surface area contributed by atoms with Crippen molar-refractivity contribution in [2.24, 2.45) is 0 Å². The van der Waals surface area contributed by atoms with E-state index in [9.17, 15) is 4.79 Å². The first-order valence-corrected chi connectivity index (χ1v) is 10.2. The van der Waals surface area contributed by atoms with Gasteiger partial charge in [-0.2, -0.15) is 0 Å². The van der Waals surface area contributed by atoms with Gasteiger partial charge in [0, 0.05) is 35.1 Å². The van der Waals surface area contributed by atoms with E-state index in [-0.39, 0.29) is 18.1 Å². The van der Waals surface area contributed by atoms with Gasteiger partial charge in [0.2, 0.25) is 5.91 Å². The van der Waals surface area contributed by atoms with Gasteiger partial charge in [-0.3, -0.25) is 4.79 Å². The minimum Gasteiger partial charge on any atom is -0.497 e. The second-order valence-electron chi connectivity index (χ2n) is 7.24. The molecule has 0 bridgehead atoms. The van der Waals surface area contributed by atoms with E-state index in [1.165, 1.54) is 11.1 Å². The number of hydrogen-bond acceptors (Lipinski definition) is 4. The molecule has 3 N–H and O–H groups in total. The van der Waals surface area contributed by atoms with Crippen LogP contribution in [0, 0.1) is 0 Å². The lowest BCUT2D eigenvalue weighted by molar-refractivity contribution is -0.121. The quantitative estimate of drug-likeness (QED) is 0.579. The Morgan fingerprint density at radius 2 is 2.10 bits per heavy atom. The molecule has 6 nitrogen and oxygen atoms in total. The second-order valence-corrected chi connectivity index (χ2v) is 7.68. The molecule has 1 aromatic heterocycles. The molecule has 2 atom stereocenters. The number of nitrogens with one attached hydrogen (secondary N) is 3. The molecule has 152 valence electrons. The highest BCUT2D eigenvalue weighted by Gasteiger charge is 2.28. The molecule has 0 radical (unpaired) electrons. The molecule has 1 saturated heterocycles. The molecular weight excluding hydrogens is 388 g/mol. The van der Waals surface area contributed by atoms with Crippen LogP contribution in [0.3, 0.4) is 0 Å². The van der Waals surface area contributed by atoms with Crippen LogP contribution in [-0.2, 0) is 17.8 Å². The molecule has 0 spiro atoms. The van der Waals surface area contributed by atoms with Gasteiger partial charge in [-0.25, -0.2) is 10.9 Å². The lowest BCUT2D eigenvalue weighted by Crippen LogP contribution is -2.44. The first-order valence-electron chi connectivity index (χ1n) is 9.79. The lowest BCUT2D eigenvalue weighted by Gasteiger charge is -2.14. The molecular formula is C22H25ClN4O2. The highest BCUT2D eigenvalue weighted by molar-refractivity contribution is 6.30. The Bertz CT molecular complexity index is 1030. The summed E-state index contributed by atoms with van der Waals surface area (Å²) in [6.07, 6.45) is 0.928. The minimum atomic E-state index is -0.135. The summed E-state index contributed by atoms with van der Waals surface area (Å²) in [6.45, 7) is 2.99. The van der Waals surface area contributed by atoms with Crippen molar-refractivity contribution in [1.29, 1.82) is 0 Å². The number of benzene rings is 2. The number of fused-ring (bicyclic) bond motifs is 1. The fourth-order valence-corrected chi connectivity index (χ4v) is 4.16. The molecule has 0 aliphatic carbocycles. The van der Waals surface area contributed by atoms with Gasteiger partial charge in [-0.1, -0.05) is 23.7 Å². The number of amides is 1. The highest BCUT2D eigenvalue weighted by Crippen LogP contribution is 2.30. The average Bonchev–Trinajstić information content (AvgIpc) is 3.31. The van der Waals surface area contributed by atoms with Crippen LogP contribution in [0.15, 0.2) is 48.5 Å². The summed E-state index contributed by atoms with van der Waals surface area (Å²) in [5, 5.41) is 4.87. The molecule has 2 aromatic carbocycles. The van der Waals surface area contributed by atoms with E-state index < -0.39 is 0 Å². The van der Waals surface area contributed by atoms with Crippen molar-refractivity contribution in [3.63, 3.8) is 0 Å². The molecule has 3 aromatic rings. The topological polar surface area (TPSA) is 67.3 Å². The van der Waals surface area contributed by atoms with Crippen molar-refractivity contribution in [2.45, 2.75) is 38.5 Å². The molecule has 29 heavy (non-hydrogen) atoms. The van der Waals surface area contributed by atoms with Crippen molar-refractivity contribution in [3.05, 3.63) is 64.8 Å². The third-order valence-electron chi connectivity index (χ3n) is 5.31. The number of hydrazine groups is 1. The maximum Gasteiger partial charge on any atom is 0.225 e. The van der Waals surface area contributed by atoms with Crippen molar-refractivity contribution in [1.82, 2.24) is 20.7 Å². The Balaban J connectivity index is 1.45. The van der Waals surface area contributed by atoms with Crippen molar-refractivity contribution < 1.29 is 9.53 Å². The van der Waals surface area contributed by atoms with Gasteiger partial charge in [0.15, 0.2) is 0 Å². The number of carbonyl (C=O) groups is 1. The molecule has 1 amide bonds. The minimum absolute atomic E-state index is 0.0343. The number of ether oxygens (including phenoxy) is 1. The number of carbonyl (C=O) groups excluding carboxylic acids is 1. The van der Waals surface area contributed by atoms with E-state index in [2.05, 4.69) is 45.9 Å². The van der Waals surface area contributed by atoms with Gasteiger partial charge in [-0.05, 0) is 42.8 Å². The van der Waals surface area contributed by atoms with Crippen molar-refractivity contribution in [2.75, 3.05) is 7.11 Å². The maximum atomic E-state index is 12.4. The maximum absolute atomic E-state index is 12.4. The summed E-state index contributed by atoms with van der Waals surface area (Å²) in [5.41, 5.74) is 9.77. The van der Waals surface area contributed by atoms with Crippen LogP contribution in [0.1, 0.15) is 30.6 Å². The number of rotatable bonds is 6. The van der Waals surface area contributed by atoms with E-state index in [1.54, 1.807) is 13.2 Å². The molecule has 0 saturated carbocycles. The first kappa shape index (κ1) is 19.8. The monoisotopic (exact) mass is 412 g/mol. The van der Waals surface area contributed by atoms with E-state index in [1.807, 2.05) is 24.3 Å². The Kier molecular flexibility index (Phi) is 5.76. The second kappa shape index (κ2) is 8.45. The molecule has 1 fully saturated rings. The summed E-state index contributed by atoms with van der Waals surface area (Å²) < 4.78 is 7.66. The van der Waals surface area contributed by atoms with Crippen LogP contribution in [0.4, 0.5) is 0 Å². The Hall–Kier alpha value is -2.54. The predicted molar refractivity (Wildman–Crippen MR) is 115 cm³/mol. The van der Waals surface area contributed by atoms with Gasteiger partial charge >= 0.3 is 0 Å². The zero-order valence-corrected chi connectivity index (χ0v) is 17.3. The number of aryl methyl sites for hydroxylation is 1. The molecule has 1 aliphatic heterocycles. The van der Waals surface area contributed by atoms with Crippen LogP contribution in [0.2, 0.25) is 5.02 Å². The van der Waals surface area contributed by atoms with Crippen LogP contribution in [0.25, 0.3) is 10.9 Å². The van der Waals surface area contributed by atoms with Crippen LogP contribution < -0.4 is 20.9 Å². The van der Waals surface area contributed by atoms with E-state index in [0.717, 1.165) is 29.8 Å². The van der Waals surface area contributed by atoms with Gasteiger partial charge < -0.3 is 14.6 Å².